The van der Waals surface area contributed by atoms with Gasteiger partial charge in [0.05, 0.1) is 6.61 Å². The number of carbonyl (C=O) groups is 1. The van der Waals surface area contributed by atoms with E-state index in [9.17, 15) is 4.79 Å². The number of aromatic nitrogens is 2. The van der Waals surface area contributed by atoms with E-state index >= 15 is 0 Å². The monoisotopic (exact) mass is 280 g/mol. The van der Waals surface area contributed by atoms with E-state index in [2.05, 4.69) is 22.4 Å². The molecule has 2 rings (SSSR count). The van der Waals surface area contributed by atoms with Crippen LogP contribution in [0.3, 0.4) is 0 Å². The molecule has 1 aromatic heterocycles. The smallest absolute Gasteiger partial charge is 0.274 e. The molecule has 0 aliphatic carbocycles. The van der Waals surface area contributed by atoms with Gasteiger partial charge in [0.2, 0.25) is 0 Å². The van der Waals surface area contributed by atoms with Crippen molar-refractivity contribution < 1.29 is 9.90 Å². The Morgan fingerprint density at radius 1 is 1.40 bits per heavy atom. The van der Waals surface area contributed by atoms with Crippen molar-refractivity contribution in [3.63, 3.8) is 0 Å². The fraction of sp³-hybridized carbons (Fsp3) is 0.714. The molecule has 1 aliphatic heterocycles. The predicted molar refractivity (Wildman–Crippen MR) is 76.5 cm³/mol. The molecule has 0 atom stereocenters. The topological polar surface area (TPSA) is 81.2 Å². The number of carbonyl (C=O) groups excluding carboxylic acids is 1. The summed E-state index contributed by atoms with van der Waals surface area (Å²) < 4.78 is 0. The standard InChI is InChI=1S/C14H24N4O2/c1-2-3-4-7-18(8-9-19)14(20)13-11-10-15-6-5-12(11)16-17-13/h15,19H,2-10H2,1H3,(H,16,17). The third kappa shape index (κ3) is 3.37. The molecule has 0 bridgehead atoms. The number of hydrogen-bond acceptors (Lipinski definition) is 4. The molecular weight excluding hydrogens is 256 g/mol. The summed E-state index contributed by atoms with van der Waals surface area (Å²) in [5.74, 6) is -0.0728. The molecular formula is C14H24N4O2. The minimum atomic E-state index is -0.0728. The molecule has 0 aromatic carbocycles. The molecule has 0 fully saturated rings. The molecule has 1 aliphatic rings. The molecule has 1 amide bonds. The van der Waals surface area contributed by atoms with Crippen LogP contribution in [0.5, 0.6) is 0 Å². The van der Waals surface area contributed by atoms with Gasteiger partial charge in [-0.1, -0.05) is 19.8 Å². The van der Waals surface area contributed by atoms with Crippen LogP contribution in [0.1, 0.15) is 47.9 Å². The number of aromatic amines is 1. The normalized spacial score (nSPS) is 14.1. The second-order valence-corrected chi connectivity index (χ2v) is 5.18. The highest BCUT2D eigenvalue weighted by Crippen LogP contribution is 2.17. The van der Waals surface area contributed by atoms with E-state index < -0.39 is 0 Å². The van der Waals surface area contributed by atoms with E-state index in [0.717, 1.165) is 43.5 Å². The van der Waals surface area contributed by atoms with Gasteiger partial charge in [0, 0.05) is 43.9 Å². The lowest BCUT2D eigenvalue weighted by Crippen LogP contribution is -2.36. The van der Waals surface area contributed by atoms with Crippen molar-refractivity contribution in [1.82, 2.24) is 20.4 Å². The van der Waals surface area contributed by atoms with Crippen LogP contribution in [-0.2, 0) is 13.0 Å². The fourth-order valence-electron chi connectivity index (χ4n) is 2.54. The molecule has 2 heterocycles. The van der Waals surface area contributed by atoms with Crippen molar-refractivity contribution in [2.45, 2.75) is 39.2 Å². The van der Waals surface area contributed by atoms with Crippen LogP contribution in [0.15, 0.2) is 0 Å². The highest BCUT2D eigenvalue weighted by molar-refractivity contribution is 5.94. The van der Waals surface area contributed by atoms with Gasteiger partial charge >= 0.3 is 0 Å². The number of hydrogen-bond donors (Lipinski definition) is 3. The summed E-state index contributed by atoms with van der Waals surface area (Å²) in [6.45, 7) is 4.78. The van der Waals surface area contributed by atoms with Crippen LogP contribution in [-0.4, -0.2) is 52.4 Å². The number of H-pyrrole nitrogens is 1. The second kappa shape index (κ2) is 7.40. The number of unbranched alkanes of at least 4 members (excludes halogenated alkanes) is 2. The molecule has 6 heteroatoms. The van der Waals surface area contributed by atoms with Gasteiger partial charge in [0.25, 0.3) is 5.91 Å². The Hall–Kier alpha value is -1.40. The van der Waals surface area contributed by atoms with Crippen LogP contribution in [0, 0.1) is 0 Å². The number of fused-ring (bicyclic) bond motifs is 1. The number of nitrogens with zero attached hydrogens (tertiary/aromatic N) is 2. The largest absolute Gasteiger partial charge is 0.395 e. The zero-order chi connectivity index (χ0) is 14.4. The maximum absolute atomic E-state index is 12.6. The first kappa shape index (κ1) is 15.0. The van der Waals surface area contributed by atoms with Gasteiger partial charge in [-0.2, -0.15) is 5.10 Å². The van der Waals surface area contributed by atoms with E-state index in [0.29, 0.717) is 25.3 Å². The van der Waals surface area contributed by atoms with Crippen LogP contribution in [0.25, 0.3) is 0 Å². The summed E-state index contributed by atoms with van der Waals surface area (Å²) in [5, 5.41) is 19.6. The summed E-state index contributed by atoms with van der Waals surface area (Å²) in [5.41, 5.74) is 2.56. The predicted octanol–water partition coefficient (Wildman–Crippen LogP) is 0.680. The summed E-state index contributed by atoms with van der Waals surface area (Å²) in [7, 11) is 0. The summed E-state index contributed by atoms with van der Waals surface area (Å²) in [6.07, 6.45) is 4.05. The van der Waals surface area contributed by atoms with Gasteiger partial charge < -0.3 is 15.3 Å². The zero-order valence-corrected chi connectivity index (χ0v) is 12.1. The lowest BCUT2D eigenvalue weighted by molar-refractivity contribution is 0.0711. The van der Waals surface area contributed by atoms with E-state index in [4.69, 9.17) is 5.11 Å². The van der Waals surface area contributed by atoms with Crippen molar-refractivity contribution in [2.24, 2.45) is 0 Å². The number of aliphatic hydroxyl groups is 1. The highest BCUT2D eigenvalue weighted by Gasteiger charge is 2.25. The van der Waals surface area contributed by atoms with E-state index in [-0.39, 0.29) is 12.5 Å². The number of amides is 1. The van der Waals surface area contributed by atoms with Crippen LogP contribution in [0.2, 0.25) is 0 Å². The van der Waals surface area contributed by atoms with Gasteiger partial charge in [-0.05, 0) is 6.42 Å². The first-order valence-electron chi connectivity index (χ1n) is 7.44. The Labute approximate surface area is 119 Å². The maximum Gasteiger partial charge on any atom is 0.274 e. The Morgan fingerprint density at radius 2 is 2.25 bits per heavy atom. The van der Waals surface area contributed by atoms with Crippen LogP contribution < -0.4 is 5.32 Å². The van der Waals surface area contributed by atoms with E-state index in [1.54, 1.807) is 4.90 Å². The average Bonchev–Trinajstić information content (AvgIpc) is 2.90. The molecule has 112 valence electrons. The Morgan fingerprint density at radius 3 is 3.00 bits per heavy atom. The zero-order valence-electron chi connectivity index (χ0n) is 12.1. The van der Waals surface area contributed by atoms with Crippen molar-refractivity contribution >= 4 is 5.91 Å². The van der Waals surface area contributed by atoms with E-state index in [1.807, 2.05) is 0 Å². The average molecular weight is 280 g/mol. The molecule has 0 saturated carbocycles. The SMILES string of the molecule is CCCCCN(CCO)C(=O)c1n[nH]c2c1CNCC2. The third-order valence-electron chi connectivity index (χ3n) is 3.70. The van der Waals surface area contributed by atoms with Crippen molar-refractivity contribution in [2.75, 3.05) is 26.2 Å². The number of aliphatic hydroxyl groups excluding tert-OH is 1. The Kier molecular flexibility index (Phi) is 5.55. The molecule has 0 unspecified atom stereocenters. The lowest BCUT2D eigenvalue weighted by atomic mass is 10.1. The lowest BCUT2D eigenvalue weighted by Gasteiger charge is -2.22. The fourth-order valence-corrected chi connectivity index (χ4v) is 2.54. The van der Waals surface area contributed by atoms with Crippen LogP contribution in [0.4, 0.5) is 0 Å². The molecule has 3 N–H and O–H groups in total. The maximum atomic E-state index is 12.6. The van der Waals surface area contributed by atoms with Gasteiger partial charge in [0.15, 0.2) is 5.69 Å². The van der Waals surface area contributed by atoms with Crippen molar-refractivity contribution in [1.29, 1.82) is 0 Å². The third-order valence-corrected chi connectivity index (χ3v) is 3.70. The molecule has 0 saturated heterocycles. The summed E-state index contributed by atoms with van der Waals surface area (Å²) in [4.78, 5) is 14.3. The van der Waals surface area contributed by atoms with Gasteiger partial charge in [-0.15, -0.1) is 0 Å². The van der Waals surface area contributed by atoms with Gasteiger partial charge in [-0.25, -0.2) is 0 Å². The summed E-state index contributed by atoms with van der Waals surface area (Å²) >= 11 is 0. The van der Waals surface area contributed by atoms with E-state index in [1.165, 1.54) is 0 Å². The van der Waals surface area contributed by atoms with Crippen LogP contribution >= 0.6 is 0 Å². The Bertz CT molecular complexity index is 444. The quantitative estimate of drug-likeness (QED) is 0.642. The van der Waals surface area contributed by atoms with Crippen molar-refractivity contribution in [3.05, 3.63) is 17.0 Å². The number of nitrogens with one attached hydrogen (secondary N) is 2. The molecule has 20 heavy (non-hydrogen) atoms. The Balaban J connectivity index is 2.08. The second-order valence-electron chi connectivity index (χ2n) is 5.18. The molecule has 0 radical (unpaired) electrons. The number of rotatable bonds is 7. The minimum absolute atomic E-state index is 0.0112. The van der Waals surface area contributed by atoms with Gasteiger partial charge in [-0.3, -0.25) is 9.89 Å². The molecule has 0 spiro atoms. The highest BCUT2D eigenvalue weighted by atomic mass is 16.3. The molecule has 6 nitrogen and oxygen atoms in total. The first-order valence-corrected chi connectivity index (χ1v) is 7.44. The molecule has 1 aromatic rings. The first-order chi connectivity index (χ1) is 9.77. The van der Waals surface area contributed by atoms with Crippen molar-refractivity contribution in [3.8, 4) is 0 Å². The van der Waals surface area contributed by atoms with Gasteiger partial charge in [0.1, 0.15) is 0 Å². The minimum Gasteiger partial charge on any atom is -0.395 e. The summed E-state index contributed by atoms with van der Waals surface area (Å²) in [6, 6.07) is 0.